The Morgan fingerprint density at radius 3 is 2.19 bits per heavy atom. The average molecular weight is 426 g/mol. The fourth-order valence-electron chi connectivity index (χ4n) is 3.73. The molecular weight excluding hydrogens is 400 g/mol. The zero-order chi connectivity index (χ0) is 22.2. The first-order chi connectivity index (χ1) is 15.0. The minimum atomic E-state index is -1.07. The van der Waals surface area contributed by atoms with Gasteiger partial charge >= 0.3 is 12.1 Å². The minimum absolute atomic E-state index is 0.0650. The van der Waals surface area contributed by atoms with E-state index in [0.717, 1.165) is 22.3 Å². The van der Waals surface area contributed by atoms with Gasteiger partial charge in [0.15, 0.2) is 0 Å². The quantitative estimate of drug-likeness (QED) is 0.432. The second-order valence-electron chi connectivity index (χ2n) is 7.32. The normalized spacial score (nSPS) is 13.1. The number of fused-ring (bicyclic) bond motifs is 3. The van der Waals surface area contributed by atoms with Crippen molar-refractivity contribution in [2.75, 3.05) is 19.8 Å². The Hall–Kier alpha value is -3.39. The van der Waals surface area contributed by atoms with Gasteiger partial charge in [-0.15, -0.1) is 0 Å². The van der Waals surface area contributed by atoms with Crippen LogP contribution in [0, 0.1) is 0 Å². The van der Waals surface area contributed by atoms with Gasteiger partial charge in [0.25, 0.3) is 0 Å². The van der Waals surface area contributed by atoms with Gasteiger partial charge in [0.05, 0.1) is 0 Å². The number of carbonyl (C=O) groups excluding carboxylic acids is 2. The topological polar surface area (TPSA) is 125 Å². The Morgan fingerprint density at radius 1 is 1.00 bits per heavy atom. The van der Waals surface area contributed by atoms with E-state index in [1.165, 1.54) is 0 Å². The summed E-state index contributed by atoms with van der Waals surface area (Å²) in [5.74, 6) is -1.69. The summed E-state index contributed by atoms with van der Waals surface area (Å²) in [6.45, 7) is 0.239. The van der Waals surface area contributed by atoms with E-state index < -0.39 is 24.0 Å². The molecule has 0 fully saturated rings. The van der Waals surface area contributed by atoms with Crippen LogP contribution >= 0.6 is 0 Å². The highest BCUT2D eigenvalue weighted by atomic mass is 16.5. The van der Waals surface area contributed by atoms with Crippen molar-refractivity contribution < 1.29 is 29.3 Å². The van der Waals surface area contributed by atoms with Crippen LogP contribution in [0.1, 0.15) is 36.3 Å². The Bertz CT molecular complexity index is 900. The van der Waals surface area contributed by atoms with Crippen molar-refractivity contribution in [3.8, 4) is 11.1 Å². The summed E-state index contributed by atoms with van der Waals surface area (Å²) in [6.07, 6.45) is -0.760. The van der Waals surface area contributed by atoms with Crippen LogP contribution in [0.15, 0.2) is 48.5 Å². The molecule has 0 saturated carbocycles. The molecule has 1 aliphatic carbocycles. The van der Waals surface area contributed by atoms with E-state index in [9.17, 15) is 14.4 Å². The lowest BCUT2D eigenvalue weighted by atomic mass is 9.98. The number of carbonyl (C=O) groups is 3. The fraction of sp³-hybridized carbons (Fsp3) is 0.348. The van der Waals surface area contributed by atoms with Gasteiger partial charge in [-0.05, 0) is 35.1 Å². The monoisotopic (exact) mass is 426 g/mol. The number of alkyl carbamates (subject to hydrolysis) is 1. The molecule has 0 aliphatic heterocycles. The van der Waals surface area contributed by atoms with Crippen molar-refractivity contribution in [2.45, 2.75) is 31.2 Å². The molecule has 0 aromatic heterocycles. The summed E-state index contributed by atoms with van der Waals surface area (Å²) in [5, 5.41) is 22.8. The Labute approximate surface area is 180 Å². The molecule has 8 nitrogen and oxygen atoms in total. The van der Waals surface area contributed by atoms with Crippen LogP contribution in [0.5, 0.6) is 0 Å². The average Bonchev–Trinajstić information content (AvgIpc) is 3.09. The minimum Gasteiger partial charge on any atom is -0.481 e. The molecule has 0 heterocycles. The second-order valence-corrected chi connectivity index (χ2v) is 7.32. The lowest BCUT2D eigenvalue weighted by Crippen LogP contribution is -2.47. The van der Waals surface area contributed by atoms with E-state index in [0.29, 0.717) is 6.42 Å². The maximum Gasteiger partial charge on any atom is 0.407 e. The molecule has 1 aliphatic rings. The predicted molar refractivity (Wildman–Crippen MR) is 114 cm³/mol. The number of carboxylic acid groups (broad SMARTS) is 1. The van der Waals surface area contributed by atoms with E-state index >= 15 is 0 Å². The standard InChI is InChI=1S/C23H26N2O6/c26-13-5-12-24-22(29)20(10-11-21(27)28)25-23(30)31-14-19-17-8-3-1-6-15(17)16-7-2-4-9-18(16)19/h1-4,6-9,19-20,26H,5,10-14H2,(H,24,29)(H,25,30)(H,27,28). The molecule has 31 heavy (non-hydrogen) atoms. The number of benzene rings is 2. The van der Waals surface area contributed by atoms with Gasteiger partial charge in [-0.1, -0.05) is 48.5 Å². The maximum absolute atomic E-state index is 12.4. The molecule has 164 valence electrons. The molecule has 4 N–H and O–H groups in total. The molecule has 0 saturated heterocycles. The highest BCUT2D eigenvalue weighted by molar-refractivity contribution is 5.86. The van der Waals surface area contributed by atoms with E-state index in [1.807, 2.05) is 48.5 Å². The molecule has 8 heteroatoms. The van der Waals surface area contributed by atoms with Crippen molar-refractivity contribution >= 4 is 18.0 Å². The lowest BCUT2D eigenvalue weighted by molar-refractivity contribution is -0.137. The summed E-state index contributed by atoms with van der Waals surface area (Å²) in [7, 11) is 0. The molecule has 3 rings (SSSR count). The number of hydrogen-bond acceptors (Lipinski definition) is 5. The molecule has 0 bridgehead atoms. The van der Waals surface area contributed by atoms with Gasteiger partial charge in [0.1, 0.15) is 12.6 Å². The van der Waals surface area contributed by atoms with Crippen molar-refractivity contribution in [1.82, 2.24) is 10.6 Å². The van der Waals surface area contributed by atoms with Crippen LogP contribution in [0.2, 0.25) is 0 Å². The van der Waals surface area contributed by atoms with E-state index in [4.69, 9.17) is 14.9 Å². The third-order valence-corrected chi connectivity index (χ3v) is 5.23. The van der Waals surface area contributed by atoms with Gasteiger partial charge in [0.2, 0.25) is 5.91 Å². The lowest BCUT2D eigenvalue weighted by Gasteiger charge is -2.19. The summed E-state index contributed by atoms with van der Waals surface area (Å²) in [6, 6.07) is 14.9. The first-order valence-corrected chi connectivity index (χ1v) is 10.2. The van der Waals surface area contributed by atoms with Crippen LogP contribution in [-0.2, 0) is 14.3 Å². The fourth-order valence-corrected chi connectivity index (χ4v) is 3.73. The Kier molecular flexibility index (Phi) is 7.61. The largest absolute Gasteiger partial charge is 0.481 e. The van der Waals surface area contributed by atoms with Gasteiger partial charge in [0, 0.05) is 25.5 Å². The third kappa shape index (κ3) is 5.61. The van der Waals surface area contributed by atoms with E-state index in [-0.39, 0.29) is 38.5 Å². The zero-order valence-electron chi connectivity index (χ0n) is 17.0. The number of amides is 2. The molecule has 1 unspecified atom stereocenters. The molecule has 0 radical (unpaired) electrons. The molecule has 0 spiro atoms. The summed E-state index contributed by atoms with van der Waals surface area (Å²) >= 11 is 0. The van der Waals surface area contributed by atoms with E-state index in [1.54, 1.807) is 0 Å². The number of carboxylic acids is 1. The van der Waals surface area contributed by atoms with Crippen LogP contribution in [0.25, 0.3) is 11.1 Å². The molecule has 2 aromatic rings. The molecule has 2 aromatic carbocycles. The van der Waals surface area contributed by atoms with Gasteiger partial charge < -0.3 is 25.6 Å². The highest BCUT2D eigenvalue weighted by Crippen LogP contribution is 2.44. The number of hydrogen-bond donors (Lipinski definition) is 4. The number of rotatable bonds is 10. The summed E-state index contributed by atoms with van der Waals surface area (Å²) in [5.41, 5.74) is 4.35. The second kappa shape index (κ2) is 10.6. The first-order valence-electron chi connectivity index (χ1n) is 10.2. The van der Waals surface area contributed by atoms with Crippen molar-refractivity contribution in [2.24, 2.45) is 0 Å². The molecule has 2 amide bonds. The highest BCUT2D eigenvalue weighted by Gasteiger charge is 2.29. The summed E-state index contributed by atoms with van der Waals surface area (Å²) in [4.78, 5) is 35.6. The predicted octanol–water partition coefficient (Wildman–Crippen LogP) is 2.26. The molecule has 1 atom stereocenters. The number of aliphatic hydroxyl groups is 1. The van der Waals surface area contributed by atoms with Gasteiger partial charge in [-0.2, -0.15) is 0 Å². The van der Waals surface area contributed by atoms with Gasteiger partial charge in [-0.25, -0.2) is 4.79 Å². The zero-order valence-corrected chi connectivity index (χ0v) is 17.0. The van der Waals surface area contributed by atoms with E-state index in [2.05, 4.69) is 10.6 Å². The Morgan fingerprint density at radius 2 is 1.61 bits per heavy atom. The number of aliphatic carboxylic acids is 1. The van der Waals surface area contributed by atoms with Crippen LogP contribution in [0.4, 0.5) is 4.79 Å². The maximum atomic E-state index is 12.4. The van der Waals surface area contributed by atoms with Crippen LogP contribution < -0.4 is 10.6 Å². The summed E-state index contributed by atoms with van der Waals surface area (Å²) < 4.78 is 5.44. The van der Waals surface area contributed by atoms with Crippen molar-refractivity contribution in [1.29, 1.82) is 0 Å². The van der Waals surface area contributed by atoms with Crippen LogP contribution in [0.3, 0.4) is 0 Å². The SMILES string of the molecule is O=C(O)CCC(NC(=O)OCC1c2ccccc2-c2ccccc21)C(=O)NCCCO. The smallest absolute Gasteiger partial charge is 0.407 e. The third-order valence-electron chi connectivity index (χ3n) is 5.23. The van der Waals surface area contributed by atoms with Crippen molar-refractivity contribution in [3.05, 3.63) is 59.7 Å². The Balaban J connectivity index is 1.63. The molecular formula is C23H26N2O6. The number of ether oxygens (including phenoxy) is 1. The number of aliphatic hydroxyl groups excluding tert-OH is 1. The first kappa shape index (κ1) is 22.3. The van der Waals surface area contributed by atoms with Gasteiger partial charge in [-0.3, -0.25) is 9.59 Å². The number of nitrogens with one attached hydrogen (secondary N) is 2. The van der Waals surface area contributed by atoms with Crippen molar-refractivity contribution in [3.63, 3.8) is 0 Å². The van der Waals surface area contributed by atoms with Crippen LogP contribution in [-0.4, -0.2) is 54.0 Å².